The van der Waals surface area contributed by atoms with Crippen LogP contribution in [0.1, 0.15) is 71.6 Å². The first-order valence-electron chi connectivity index (χ1n) is 9.38. The molecule has 0 bridgehead atoms. The molecule has 5 heteroatoms. The summed E-state index contributed by atoms with van der Waals surface area (Å²) in [4.78, 5) is 27.9. The van der Waals surface area contributed by atoms with Gasteiger partial charge in [0.1, 0.15) is 0 Å². The van der Waals surface area contributed by atoms with Crippen molar-refractivity contribution in [3.8, 4) is 0 Å². The molecule has 132 valence electrons. The highest BCUT2D eigenvalue weighted by Gasteiger charge is 2.36. The Morgan fingerprint density at radius 1 is 1.00 bits per heavy atom. The van der Waals surface area contributed by atoms with Gasteiger partial charge in [-0.15, -0.1) is 0 Å². The number of carboxylic acid groups (broad SMARTS) is 1. The van der Waals surface area contributed by atoms with Crippen molar-refractivity contribution >= 4 is 12.0 Å². The summed E-state index contributed by atoms with van der Waals surface area (Å²) in [6.45, 7) is 5.30. The zero-order valence-electron chi connectivity index (χ0n) is 14.7. The zero-order valence-corrected chi connectivity index (χ0v) is 14.7. The molecule has 2 amide bonds. The number of hydrogen-bond acceptors (Lipinski definition) is 2. The molecular weight excluding hydrogens is 292 g/mol. The second-order valence-corrected chi connectivity index (χ2v) is 7.05. The van der Waals surface area contributed by atoms with Crippen LogP contribution in [0.3, 0.4) is 0 Å². The van der Waals surface area contributed by atoms with E-state index in [4.69, 9.17) is 5.11 Å². The number of rotatable bonds is 5. The Morgan fingerprint density at radius 2 is 1.52 bits per heavy atom. The van der Waals surface area contributed by atoms with Gasteiger partial charge in [0.25, 0.3) is 0 Å². The summed E-state index contributed by atoms with van der Waals surface area (Å²) in [5.41, 5.74) is 0. The molecule has 2 fully saturated rings. The Labute approximate surface area is 140 Å². The van der Waals surface area contributed by atoms with E-state index in [1.54, 1.807) is 0 Å². The molecule has 1 saturated heterocycles. The number of piperidine rings is 1. The lowest BCUT2D eigenvalue weighted by atomic mass is 9.89. The van der Waals surface area contributed by atoms with Crippen LogP contribution in [0.4, 0.5) is 4.79 Å². The molecular formula is C18H32N2O3. The number of nitrogens with zero attached hydrogens (tertiary/aromatic N) is 2. The van der Waals surface area contributed by atoms with Crippen molar-refractivity contribution < 1.29 is 14.7 Å². The lowest BCUT2D eigenvalue weighted by Gasteiger charge is -2.44. The van der Waals surface area contributed by atoms with Crippen molar-refractivity contribution in [1.29, 1.82) is 0 Å². The first kappa shape index (κ1) is 18.1. The van der Waals surface area contributed by atoms with Crippen LogP contribution in [0.5, 0.6) is 0 Å². The minimum absolute atomic E-state index is 0.120. The van der Waals surface area contributed by atoms with E-state index in [9.17, 15) is 9.59 Å². The van der Waals surface area contributed by atoms with Gasteiger partial charge in [0, 0.05) is 31.1 Å². The van der Waals surface area contributed by atoms with Gasteiger partial charge in [-0.1, -0.05) is 33.1 Å². The summed E-state index contributed by atoms with van der Waals surface area (Å²) in [6.07, 6.45) is 8.47. The highest BCUT2D eigenvalue weighted by atomic mass is 16.4. The number of carbonyl (C=O) groups is 2. The molecule has 0 aromatic rings. The van der Waals surface area contributed by atoms with E-state index in [-0.39, 0.29) is 12.0 Å². The third-order valence-corrected chi connectivity index (χ3v) is 5.69. The summed E-state index contributed by atoms with van der Waals surface area (Å²) >= 11 is 0. The van der Waals surface area contributed by atoms with E-state index in [1.165, 1.54) is 24.2 Å². The average Bonchev–Trinajstić information content (AvgIpc) is 2.57. The van der Waals surface area contributed by atoms with Crippen LogP contribution in [0.15, 0.2) is 0 Å². The first-order valence-corrected chi connectivity index (χ1v) is 9.38. The molecule has 0 radical (unpaired) electrons. The van der Waals surface area contributed by atoms with E-state index < -0.39 is 6.09 Å². The van der Waals surface area contributed by atoms with Gasteiger partial charge in [0.2, 0.25) is 5.91 Å². The van der Waals surface area contributed by atoms with Crippen molar-refractivity contribution in [2.24, 2.45) is 5.92 Å². The van der Waals surface area contributed by atoms with Gasteiger partial charge >= 0.3 is 6.09 Å². The summed E-state index contributed by atoms with van der Waals surface area (Å²) < 4.78 is 0. The Balaban J connectivity index is 2.10. The van der Waals surface area contributed by atoms with Crippen molar-refractivity contribution in [3.63, 3.8) is 0 Å². The predicted octanol–water partition coefficient (Wildman–Crippen LogP) is 3.73. The Kier molecular flexibility index (Phi) is 6.72. The molecule has 2 aliphatic rings. The van der Waals surface area contributed by atoms with Crippen LogP contribution >= 0.6 is 0 Å². The molecule has 0 aromatic heterocycles. The third-order valence-electron chi connectivity index (χ3n) is 5.69. The monoisotopic (exact) mass is 324 g/mol. The number of hydrogen-bond donors (Lipinski definition) is 1. The standard InChI is InChI=1S/C18H32N2O3/c1-3-14(4-2)17(21)20(15-8-6-5-7-9-15)16-10-12-19(13-11-16)18(22)23/h14-16H,3-13H2,1-2H3,(H,22,23). The fourth-order valence-electron chi connectivity index (χ4n) is 4.20. The van der Waals surface area contributed by atoms with Gasteiger partial charge in [-0.2, -0.15) is 0 Å². The third kappa shape index (κ3) is 4.39. The molecule has 1 aliphatic carbocycles. The molecule has 1 heterocycles. The second-order valence-electron chi connectivity index (χ2n) is 7.05. The van der Waals surface area contributed by atoms with Crippen molar-refractivity contribution in [3.05, 3.63) is 0 Å². The highest BCUT2D eigenvalue weighted by Crippen LogP contribution is 2.30. The van der Waals surface area contributed by atoms with E-state index in [0.717, 1.165) is 38.5 Å². The second kappa shape index (κ2) is 8.55. The number of carbonyl (C=O) groups excluding carboxylic acids is 1. The molecule has 5 nitrogen and oxygen atoms in total. The maximum atomic E-state index is 13.1. The normalized spacial score (nSPS) is 20.7. The number of likely N-dealkylation sites (tertiary alicyclic amines) is 1. The lowest BCUT2D eigenvalue weighted by Crippen LogP contribution is -2.54. The van der Waals surface area contributed by atoms with Crippen molar-refractivity contribution in [2.75, 3.05) is 13.1 Å². The maximum absolute atomic E-state index is 13.1. The largest absolute Gasteiger partial charge is 0.465 e. The minimum Gasteiger partial charge on any atom is -0.465 e. The summed E-state index contributed by atoms with van der Waals surface area (Å²) in [5.74, 6) is 0.435. The predicted molar refractivity (Wildman–Crippen MR) is 90.4 cm³/mol. The molecule has 0 spiro atoms. The summed E-state index contributed by atoms with van der Waals surface area (Å²) in [7, 11) is 0. The first-order chi connectivity index (χ1) is 11.1. The maximum Gasteiger partial charge on any atom is 0.407 e. The van der Waals surface area contributed by atoms with Crippen LogP contribution < -0.4 is 0 Å². The average molecular weight is 324 g/mol. The zero-order chi connectivity index (χ0) is 16.8. The molecule has 0 atom stereocenters. The van der Waals surface area contributed by atoms with Gasteiger partial charge in [-0.3, -0.25) is 4.79 Å². The smallest absolute Gasteiger partial charge is 0.407 e. The van der Waals surface area contributed by atoms with Crippen LogP contribution in [0.25, 0.3) is 0 Å². The van der Waals surface area contributed by atoms with E-state index in [1.807, 2.05) is 0 Å². The quantitative estimate of drug-likeness (QED) is 0.838. The van der Waals surface area contributed by atoms with Gasteiger partial charge in [-0.05, 0) is 38.5 Å². The summed E-state index contributed by atoms with van der Waals surface area (Å²) in [6, 6.07) is 0.597. The van der Waals surface area contributed by atoms with E-state index in [0.29, 0.717) is 25.0 Å². The van der Waals surface area contributed by atoms with Gasteiger partial charge in [0.15, 0.2) is 0 Å². The van der Waals surface area contributed by atoms with Gasteiger partial charge < -0.3 is 14.9 Å². The Morgan fingerprint density at radius 3 is 2.00 bits per heavy atom. The molecule has 1 aliphatic heterocycles. The summed E-state index contributed by atoms with van der Waals surface area (Å²) in [5, 5.41) is 9.13. The van der Waals surface area contributed by atoms with E-state index >= 15 is 0 Å². The minimum atomic E-state index is -0.834. The van der Waals surface area contributed by atoms with Crippen LogP contribution in [0.2, 0.25) is 0 Å². The molecule has 23 heavy (non-hydrogen) atoms. The van der Waals surface area contributed by atoms with Crippen LogP contribution in [0, 0.1) is 5.92 Å². The van der Waals surface area contributed by atoms with E-state index in [2.05, 4.69) is 18.7 Å². The van der Waals surface area contributed by atoms with Crippen LogP contribution in [-0.4, -0.2) is 52.1 Å². The molecule has 1 saturated carbocycles. The Bertz CT molecular complexity index is 395. The van der Waals surface area contributed by atoms with Gasteiger partial charge in [0.05, 0.1) is 0 Å². The fraction of sp³-hybridized carbons (Fsp3) is 0.889. The van der Waals surface area contributed by atoms with Crippen LogP contribution in [-0.2, 0) is 4.79 Å². The topological polar surface area (TPSA) is 60.9 Å². The highest BCUT2D eigenvalue weighted by molar-refractivity contribution is 5.79. The lowest BCUT2D eigenvalue weighted by molar-refractivity contribution is -0.143. The van der Waals surface area contributed by atoms with Crippen molar-refractivity contribution in [1.82, 2.24) is 9.80 Å². The Hall–Kier alpha value is -1.26. The van der Waals surface area contributed by atoms with Gasteiger partial charge in [-0.25, -0.2) is 4.79 Å². The molecule has 0 aromatic carbocycles. The molecule has 1 N–H and O–H groups in total. The molecule has 2 rings (SSSR count). The number of amides is 2. The fourth-order valence-corrected chi connectivity index (χ4v) is 4.20. The van der Waals surface area contributed by atoms with Crippen molar-refractivity contribution in [2.45, 2.75) is 83.7 Å². The molecule has 0 unspecified atom stereocenters. The SMILES string of the molecule is CCC(CC)C(=O)N(C1CCCCC1)C1CCN(C(=O)O)CC1.